The Balaban J connectivity index is 1.43. The molecule has 0 atom stereocenters. The number of carbonyl (C=O) groups is 1. The lowest BCUT2D eigenvalue weighted by Crippen LogP contribution is -2.33. The van der Waals surface area contributed by atoms with Gasteiger partial charge in [0.2, 0.25) is 5.89 Å². The maximum atomic E-state index is 13.4. The Morgan fingerprint density at radius 3 is 2.82 bits per heavy atom. The van der Waals surface area contributed by atoms with Crippen molar-refractivity contribution in [2.45, 2.75) is 39.5 Å². The molecule has 1 aromatic carbocycles. The van der Waals surface area contributed by atoms with Crippen molar-refractivity contribution in [1.82, 2.24) is 34.7 Å². The Kier molecular flexibility index (Phi) is 6.01. The lowest BCUT2D eigenvalue weighted by atomic mass is 10.0. The van der Waals surface area contributed by atoms with Gasteiger partial charge in [-0.15, -0.1) is 11.3 Å². The summed E-state index contributed by atoms with van der Waals surface area (Å²) in [5.74, 6) is 1.11. The van der Waals surface area contributed by atoms with Crippen LogP contribution in [0.2, 0.25) is 0 Å². The molecular weight excluding hydrogens is 438 g/mol. The predicted molar refractivity (Wildman–Crippen MR) is 123 cm³/mol. The molecule has 0 N–H and O–H groups in total. The van der Waals surface area contributed by atoms with Gasteiger partial charge in [0, 0.05) is 50.1 Å². The van der Waals surface area contributed by atoms with Crippen molar-refractivity contribution < 1.29 is 9.32 Å². The van der Waals surface area contributed by atoms with Crippen molar-refractivity contribution in [3.05, 3.63) is 81.1 Å². The van der Waals surface area contributed by atoms with E-state index in [2.05, 4.69) is 32.2 Å². The zero-order chi connectivity index (χ0) is 22.8. The molecule has 0 aliphatic carbocycles. The second-order valence-corrected chi connectivity index (χ2v) is 8.97. The number of benzene rings is 1. The highest BCUT2D eigenvalue weighted by atomic mass is 32.1. The van der Waals surface area contributed by atoms with Crippen LogP contribution in [-0.4, -0.2) is 54.2 Å². The average Bonchev–Trinajstić information content (AvgIpc) is 3.55. The van der Waals surface area contributed by atoms with Gasteiger partial charge in [-0.25, -0.2) is 4.98 Å². The van der Waals surface area contributed by atoms with E-state index >= 15 is 0 Å². The smallest absolute Gasteiger partial charge is 0.274 e. The molecule has 0 saturated heterocycles. The van der Waals surface area contributed by atoms with Gasteiger partial charge < -0.3 is 9.42 Å². The molecule has 0 unspecified atom stereocenters. The number of rotatable bonds is 7. The van der Waals surface area contributed by atoms with Crippen LogP contribution >= 0.6 is 11.3 Å². The molecule has 1 aliphatic heterocycles. The molecule has 5 rings (SSSR count). The average molecular weight is 464 g/mol. The fourth-order valence-electron chi connectivity index (χ4n) is 4.16. The van der Waals surface area contributed by atoms with E-state index in [1.54, 1.807) is 24.4 Å². The molecule has 4 heterocycles. The minimum Gasteiger partial charge on any atom is -0.340 e. The number of amides is 1. The van der Waals surface area contributed by atoms with Crippen LogP contribution in [0.15, 0.2) is 45.7 Å². The molecule has 10 heteroatoms. The number of thiazole rings is 1. The van der Waals surface area contributed by atoms with Crippen molar-refractivity contribution in [2.24, 2.45) is 0 Å². The van der Waals surface area contributed by atoms with Crippen molar-refractivity contribution >= 4 is 17.2 Å². The predicted octanol–water partition coefficient (Wildman–Crippen LogP) is 2.91. The topological polar surface area (TPSA) is 93.2 Å². The van der Waals surface area contributed by atoms with Gasteiger partial charge in [0.05, 0.1) is 30.8 Å². The van der Waals surface area contributed by atoms with Gasteiger partial charge in [0.1, 0.15) is 0 Å². The minimum atomic E-state index is -0.0942. The summed E-state index contributed by atoms with van der Waals surface area (Å²) in [5, 5.41) is 10.8. The molecule has 33 heavy (non-hydrogen) atoms. The third-order valence-electron chi connectivity index (χ3n) is 5.75. The van der Waals surface area contributed by atoms with Crippen molar-refractivity contribution in [1.29, 1.82) is 0 Å². The van der Waals surface area contributed by atoms with E-state index in [9.17, 15) is 4.79 Å². The molecule has 0 fully saturated rings. The van der Waals surface area contributed by atoms with E-state index in [0.29, 0.717) is 43.6 Å². The monoisotopic (exact) mass is 463 g/mol. The van der Waals surface area contributed by atoms with Gasteiger partial charge in [-0.2, -0.15) is 10.1 Å². The fourth-order valence-corrected chi connectivity index (χ4v) is 4.71. The number of hydrogen-bond donors (Lipinski definition) is 0. The summed E-state index contributed by atoms with van der Waals surface area (Å²) in [6, 6.07) is 10.2. The SMILES string of the molecule is Cc1nc(CN2CCc3c(c(C(=O)N(C)Cc4cscn4)nn3Cc3ccccc3)C2)no1. The zero-order valence-electron chi connectivity index (χ0n) is 18.6. The molecule has 4 aromatic rings. The van der Waals surface area contributed by atoms with Gasteiger partial charge in [-0.05, 0) is 5.56 Å². The number of aryl methyl sites for hydroxylation is 1. The van der Waals surface area contributed by atoms with E-state index in [0.717, 1.165) is 35.5 Å². The van der Waals surface area contributed by atoms with Crippen LogP contribution < -0.4 is 0 Å². The molecular formula is C23H25N7O2S. The molecule has 0 spiro atoms. The second kappa shape index (κ2) is 9.24. The Hall–Kier alpha value is -3.37. The summed E-state index contributed by atoms with van der Waals surface area (Å²) in [6.45, 7) is 4.90. The van der Waals surface area contributed by atoms with E-state index in [-0.39, 0.29) is 5.91 Å². The van der Waals surface area contributed by atoms with E-state index in [1.165, 1.54) is 11.3 Å². The Labute approximate surface area is 195 Å². The van der Waals surface area contributed by atoms with E-state index in [4.69, 9.17) is 9.62 Å². The maximum Gasteiger partial charge on any atom is 0.274 e. The third-order valence-corrected chi connectivity index (χ3v) is 6.39. The fraction of sp³-hybridized carbons (Fsp3) is 0.348. The Morgan fingerprint density at radius 1 is 1.24 bits per heavy atom. The molecule has 3 aromatic heterocycles. The quantitative estimate of drug-likeness (QED) is 0.416. The van der Waals surface area contributed by atoms with Crippen LogP contribution in [0, 0.1) is 6.92 Å². The first-order valence-electron chi connectivity index (χ1n) is 10.8. The highest BCUT2D eigenvalue weighted by molar-refractivity contribution is 7.07. The highest BCUT2D eigenvalue weighted by Crippen LogP contribution is 2.26. The summed E-state index contributed by atoms with van der Waals surface area (Å²) in [6.07, 6.45) is 0.801. The molecule has 1 amide bonds. The third kappa shape index (κ3) is 4.71. The number of fused-ring (bicyclic) bond motifs is 1. The molecule has 170 valence electrons. The largest absolute Gasteiger partial charge is 0.340 e. The Bertz CT molecular complexity index is 1230. The molecule has 0 saturated carbocycles. The van der Waals surface area contributed by atoms with Crippen LogP contribution in [0.5, 0.6) is 0 Å². The minimum absolute atomic E-state index is 0.0942. The highest BCUT2D eigenvalue weighted by Gasteiger charge is 2.30. The van der Waals surface area contributed by atoms with Gasteiger partial charge in [-0.1, -0.05) is 35.5 Å². The summed E-state index contributed by atoms with van der Waals surface area (Å²) >= 11 is 1.53. The van der Waals surface area contributed by atoms with Gasteiger partial charge >= 0.3 is 0 Å². The maximum absolute atomic E-state index is 13.4. The lowest BCUT2D eigenvalue weighted by molar-refractivity contribution is 0.0774. The van der Waals surface area contributed by atoms with Gasteiger partial charge in [0.15, 0.2) is 11.5 Å². The molecule has 1 aliphatic rings. The van der Waals surface area contributed by atoms with Crippen molar-refractivity contribution in [3.63, 3.8) is 0 Å². The first kappa shape index (κ1) is 21.5. The first-order chi connectivity index (χ1) is 16.1. The lowest BCUT2D eigenvalue weighted by Gasteiger charge is -2.27. The molecule has 0 bridgehead atoms. The normalized spacial score (nSPS) is 13.8. The number of carbonyl (C=O) groups excluding carboxylic acids is 1. The standard InChI is InChI=1S/C23H25N7O2S/c1-16-25-21(27-32-16)13-29-9-8-20-19(12-29)22(23(31)28(2)11-18-14-33-15-24-18)26-30(20)10-17-6-4-3-5-7-17/h3-7,14-15H,8-13H2,1-2H3. The van der Waals surface area contributed by atoms with E-state index in [1.807, 2.05) is 28.3 Å². The summed E-state index contributed by atoms with van der Waals surface area (Å²) < 4.78 is 7.11. The van der Waals surface area contributed by atoms with Crippen LogP contribution in [-0.2, 0) is 32.6 Å². The number of nitrogens with zero attached hydrogens (tertiary/aromatic N) is 7. The van der Waals surface area contributed by atoms with Crippen molar-refractivity contribution in [3.8, 4) is 0 Å². The molecule has 9 nitrogen and oxygen atoms in total. The van der Waals surface area contributed by atoms with Crippen LogP contribution in [0.3, 0.4) is 0 Å². The van der Waals surface area contributed by atoms with Gasteiger partial charge in [0.25, 0.3) is 5.91 Å². The number of hydrogen-bond acceptors (Lipinski definition) is 8. The number of aromatic nitrogens is 5. The van der Waals surface area contributed by atoms with E-state index < -0.39 is 0 Å². The summed E-state index contributed by atoms with van der Waals surface area (Å²) in [4.78, 5) is 26.0. The van der Waals surface area contributed by atoms with Crippen LogP contribution in [0.4, 0.5) is 0 Å². The summed E-state index contributed by atoms with van der Waals surface area (Å²) in [5.41, 5.74) is 6.41. The summed E-state index contributed by atoms with van der Waals surface area (Å²) in [7, 11) is 1.80. The van der Waals surface area contributed by atoms with Crippen molar-refractivity contribution in [2.75, 3.05) is 13.6 Å². The second-order valence-electron chi connectivity index (χ2n) is 8.25. The van der Waals surface area contributed by atoms with Crippen LogP contribution in [0.1, 0.15) is 44.7 Å². The molecule has 0 radical (unpaired) electrons. The van der Waals surface area contributed by atoms with Gasteiger partial charge in [-0.3, -0.25) is 14.4 Å². The Morgan fingerprint density at radius 2 is 2.09 bits per heavy atom. The zero-order valence-corrected chi connectivity index (χ0v) is 19.5. The van der Waals surface area contributed by atoms with Crippen LogP contribution in [0.25, 0.3) is 0 Å². The first-order valence-corrected chi connectivity index (χ1v) is 11.8.